The molecule has 1 N–H and O–H groups in total. The first kappa shape index (κ1) is 25.1. The lowest BCUT2D eigenvalue weighted by molar-refractivity contribution is -0.141. The molecule has 2 aromatic rings. The summed E-state index contributed by atoms with van der Waals surface area (Å²) in [5.74, 6) is 1.12. The van der Waals surface area contributed by atoms with Crippen molar-refractivity contribution in [3.63, 3.8) is 0 Å². The minimum atomic E-state index is -0.476. The molecule has 8 heteroatoms. The first-order chi connectivity index (χ1) is 16.9. The lowest BCUT2D eigenvalue weighted by Gasteiger charge is -2.31. The number of hydrogen-bond acceptors (Lipinski definition) is 8. The Morgan fingerprint density at radius 2 is 1.77 bits per heavy atom. The summed E-state index contributed by atoms with van der Waals surface area (Å²) in [6, 6.07) is 5.37. The third-order valence-electron chi connectivity index (χ3n) is 7.35. The zero-order valence-electron chi connectivity index (χ0n) is 20.8. The highest BCUT2D eigenvalue weighted by Gasteiger charge is 2.33. The van der Waals surface area contributed by atoms with Crippen LogP contribution in [0, 0.1) is 5.92 Å². The Kier molecular flexibility index (Phi) is 8.00. The molecule has 4 rings (SSSR count). The molecular weight excluding hydrogens is 450 g/mol. The van der Waals surface area contributed by atoms with Gasteiger partial charge in [0.15, 0.2) is 17.3 Å². The smallest absolute Gasteiger partial charge is 0.306 e. The van der Waals surface area contributed by atoms with Crippen LogP contribution in [0.4, 0.5) is 0 Å². The number of carbonyl (C=O) groups excluding carboxylic acids is 1. The molecule has 1 aromatic heterocycles. The second kappa shape index (κ2) is 11.2. The van der Waals surface area contributed by atoms with Crippen molar-refractivity contribution in [2.24, 2.45) is 5.92 Å². The van der Waals surface area contributed by atoms with Crippen LogP contribution in [0.3, 0.4) is 0 Å². The van der Waals surface area contributed by atoms with Crippen molar-refractivity contribution < 1.29 is 28.5 Å². The van der Waals surface area contributed by atoms with Crippen molar-refractivity contribution in [3.05, 3.63) is 51.1 Å². The minimum absolute atomic E-state index is 0.0832. The predicted molar refractivity (Wildman–Crippen MR) is 130 cm³/mol. The zero-order chi connectivity index (χ0) is 24.9. The van der Waals surface area contributed by atoms with Gasteiger partial charge in [-0.3, -0.25) is 14.5 Å². The Hall–Kier alpha value is -3.00. The fraction of sp³-hybridized carbons (Fsp3) is 0.556. The van der Waals surface area contributed by atoms with E-state index in [4.69, 9.17) is 18.6 Å². The van der Waals surface area contributed by atoms with Crippen LogP contribution in [0.5, 0.6) is 17.2 Å². The van der Waals surface area contributed by atoms with E-state index in [0.717, 1.165) is 50.6 Å². The van der Waals surface area contributed by atoms with Crippen molar-refractivity contribution >= 4 is 5.97 Å². The van der Waals surface area contributed by atoms with E-state index in [9.17, 15) is 14.7 Å². The molecule has 2 aliphatic rings. The lowest BCUT2D eigenvalue weighted by Crippen LogP contribution is -2.30. The number of fused-ring (bicyclic) bond motifs is 1. The number of nitrogens with zero attached hydrogens (tertiary/aromatic N) is 1. The molecule has 0 spiro atoms. The molecule has 1 saturated carbocycles. The van der Waals surface area contributed by atoms with Gasteiger partial charge in [-0.05, 0) is 48.4 Å². The van der Waals surface area contributed by atoms with E-state index < -0.39 is 11.2 Å². The number of hydrogen-bond donors (Lipinski definition) is 1. The summed E-state index contributed by atoms with van der Waals surface area (Å²) >= 11 is 0. The molecule has 35 heavy (non-hydrogen) atoms. The van der Waals surface area contributed by atoms with Crippen molar-refractivity contribution in [1.29, 1.82) is 0 Å². The first-order valence-electron chi connectivity index (χ1n) is 12.3. The van der Waals surface area contributed by atoms with Crippen LogP contribution in [-0.4, -0.2) is 43.8 Å². The summed E-state index contributed by atoms with van der Waals surface area (Å²) in [5, 5.41) is 10.7. The van der Waals surface area contributed by atoms with E-state index >= 15 is 0 Å². The summed E-state index contributed by atoms with van der Waals surface area (Å²) < 4.78 is 22.0. The average Bonchev–Trinajstić information content (AvgIpc) is 2.88. The topological polar surface area (TPSA) is 98.4 Å². The summed E-state index contributed by atoms with van der Waals surface area (Å²) in [5.41, 5.74) is 1.87. The largest absolute Gasteiger partial charge is 0.502 e. The molecule has 0 amide bonds. The fourth-order valence-corrected chi connectivity index (χ4v) is 5.45. The molecule has 1 aliphatic heterocycles. The van der Waals surface area contributed by atoms with Crippen LogP contribution in [0.15, 0.2) is 27.4 Å². The number of ether oxygens (including phenoxy) is 3. The van der Waals surface area contributed by atoms with Crippen LogP contribution in [0.2, 0.25) is 0 Å². The number of benzene rings is 1. The van der Waals surface area contributed by atoms with Gasteiger partial charge in [0, 0.05) is 25.1 Å². The minimum Gasteiger partial charge on any atom is -0.502 e. The quantitative estimate of drug-likeness (QED) is 0.557. The van der Waals surface area contributed by atoms with Crippen LogP contribution >= 0.6 is 0 Å². The summed E-state index contributed by atoms with van der Waals surface area (Å²) in [6.45, 7) is 1.88. The Morgan fingerprint density at radius 3 is 2.43 bits per heavy atom. The third-order valence-corrected chi connectivity index (χ3v) is 7.35. The van der Waals surface area contributed by atoms with E-state index in [2.05, 4.69) is 4.90 Å². The van der Waals surface area contributed by atoms with Crippen LogP contribution in [0.25, 0.3) is 0 Å². The summed E-state index contributed by atoms with van der Waals surface area (Å²) in [4.78, 5) is 27.1. The fourth-order valence-electron chi connectivity index (χ4n) is 5.45. The average molecular weight is 486 g/mol. The predicted octanol–water partition coefficient (Wildman–Crippen LogP) is 4.15. The van der Waals surface area contributed by atoms with Gasteiger partial charge in [-0.15, -0.1) is 0 Å². The maximum Gasteiger partial charge on any atom is 0.306 e. The monoisotopic (exact) mass is 485 g/mol. The molecule has 1 fully saturated rings. The van der Waals surface area contributed by atoms with Gasteiger partial charge in [-0.2, -0.15) is 0 Å². The molecule has 0 radical (unpaired) electrons. The Bertz CT molecular complexity index is 1100. The highest BCUT2D eigenvalue weighted by atomic mass is 16.5. The van der Waals surface area contributed by atoms with Crippen LogP contribution in [-0.2, 0) is 29.0 Å². The molecule has 190 valence electrons. The molecule has 0 unspecified atom stereocenters. The van der Waals surface area contributed by atoms with Gasteiger partial charge in [0.05, 0.1) is 34.3 Å². The maximum atomic E-state index is 12.7. The molecule has 0 saturated heterocycles. The maximum absolute atomic E-state index is 12.7. The molecule has 2 heterocycles. The van der Waals surface area contributed by atoms with Gasteiger partial charge in [0.1, 0.15) is 5.76 Å². The molecular formula is C27H35NO7. The highest BCUT2D eigenvalue weighted by Crippen LogP contribution is 2.41. The second-order valence-electron chi connectivity index (χ2n) is 9.51. The summed E-state index contributed by atoms with van der Waals surface area (Å²) in [6.07, 6.45) is 6.07. The van der Waals surface area contributed by atoms with E-state index in [1.807, 2.05) is 12.1 Å². The summed E-state index contributed by atoms with van der Waals surface area (Å²) in [7, 11) is 4.60. The Balaban J connectivity index is 1.59. The Labute approximate surface area is 205 Å². The SMILES string of the molecule is COC(=O)C[C@@H](c1oc(CN2CCc3cc(OC)c(OC)cc3C2)cc(=O)c1O)C1CCCCC1. The lowest BCUT2D eigenvalue weighted by atomic mass is 9.77. The Morgan fingerprint density at radius 1 is 1.09 bits per heavy atom. The first-order valence-corrected chi connectivity index (χ1v) is 12.3. The van der Waals surface area contributed by atoms with Crippen LogP contribution < -0.4 is 14.9 Å². The zero-order valence-corrected chi connectivity index (χ0v) is 20.8. The van der Waals surface area contributed by atoms with Crippen LogP contribution in [0.1, 0.15) is 67.1 Å². The van der Waals surface area contributed by atoms with E-state index in [0.29, 0.717) is 30.3 Å². The number of carbonyl (C=O) groups is 1. The van der Waals surface area contributed by atoms with Crippen molar-refractivity contribution in [2.45, 2.75) is 64.0 Å². The normalized spacial score (nSPS) is 17.5. The van der Waals surface area contributed by atoms with Gasteiger partial charge in [0.2, 0.25) is 11.2 Å². The van der Waals surface area contributed by atoms with Gasteiger partial charge in [-0.25, -0.2) is 0 Å². The van der Waals surface area contributed by atoms with Gasteiger partial charge in [-0.1, -0.05) is 19.3 Å². The molecule has 1 aliphatic carbocycles. The van der Waals surface area contributed by atoms with Gasteiger partial charge >= 0.3 is 5.97 Å². The highest BCUT2D eigenvalue weighted by molar-refractivity contribution is 5.70. The van der Waals surface area contributed by atoms with Gasteiger partial charge in [0.25, 0.3) is 0 Å². The van der Waals surface area contributed by atoms with E-state index in [-0.39, 0.29) is 30.0 Å². The number of aromatic hydroxyl groups is 1. The van der Waals surface area contributed by atoms with E-state index in [1.54, 1.807) is 14.2 Å². The molecule has 8 nitrogen and oxygen atoms in total. The molecule has 1 atom stereocenters. The molecule has 1 aromatic carbocycles. The van der Waals surface area contributed by atoms with Crippen molar-refractivity contribution in [3.8, 4) is 17.2 Å². The third kappa shape index (κ3) is 5.64. The number of esters is 1. The molecule has 0 bridgehead atoms. The number of rotatable bonds is 8. The van der Waals surface area contributed by atoms with E-state index in [1.165, 1.54) is 18.7 Å². The van der Waals surface area contributed by atoms with Gasteiger partial charge < -0.3 is 23.7 Å². The number of methoxy groups -OCH3 is 3. The standard InChI is InChI=1S/C27H35NO7/c1-32-23-11-18-9-10-28(15-19(18)12-24(23)33-2)16-20-13-22(29)26(31)27(35-20)21(14-25(30)34-3)17-7-5-4-6-8-17/h11-13,17,21,31H,4-10,14-16H2,1-3H3/t21-/m1/s1. The second-order valence-corrected chi connectivity index (χ2v) is 9.51. The van der Waals surface area contributed by atoms with Crippen molar-refractivity contribution in [1.82, 2.24) is 4.90 Å². The van der Waals surface area contributed by atoms with Crippen molar-refractivity contribution in [2.75, 3.05) is 27.9 Å².